The Kier molecular flexibility index (Phi) is 3.49. The molecule has 0 aliphatic heterocycles. The number of nitrogens with zero attached hydrogens (tertiary/aromatic N) is 1. The summed E-state index contributed by atoms with van der Waals surface area (Å²) in [6.07, 6.45) is 2.24. The van der Waals surface area contributed by atoms with Gasteiger partial charge in [0.2, 0.25) is 0 Å². The van der Waals surface area contributed by atoms with Crippen molar-refractivity contribution in [3.05, 3.63) is 24.0 Å². The first kappa shape index (κ1) is 12.4. The molecule has 1 atom stereocenters. The van der Waals surface area contributed by atoms with Gasteiger partial charge in [0.25, 0.3) is 0 Å². The molecule has 0 saturated heterocycles. The molecule has 5 nitrogen and oxygen atoms in total. The molecule has 0 spiro atoms. The zero-order chi connectivity index (χ0) is 12.3. The minimum atomic E-state index is -1.02. The van der Waals surface area contributed by atoms with E-state index in [4.69, 9.17) is 5.11 Å². The first-order valence-corrected chi connectivity index (χ1v) is 4.98. The van der Waals surface area contributed by atoms with Gasteiger partial charge in [-0.3, -0.25) is 4.98 Å². The number of rotatable bonds is 4. The molecule has 0 radical (unpaired) electrons. The molecule has 1 rings (SSSR count). The second-order valence-electron chi connectivity index (χ2n) is 4.25. The number of pyridine rings is 1. The van der Waals surface area contributed by atoms with E-state index in [9.17, 15) is 9.90 Å². The van der Waals surface area contributed by atoms with Gasteiger partial charge < -0.3 is 15.5 Å². The molecule has 5 heteroatoms. The van der Waals surface area contributed by atoms with E-state index in [0.717, 1.165) is 0 Å². The lowest BCUT2D eigenvalue weighted by Gasteiger charge is -2.30. The second-order valence-corrected chi connectivity index (χ2v) is 4.25. The molecule has 0 saturated carbocycles. The third-order valence-electron chi connectivity index (χ3n) is 2.55. The average Bonchev–Trinajstić information content (AvgIpc) is 2.17. The van der Waals surface area contributed by atoms with E-state index in [1.165, 1.54) is 18.5 Å². The highest BCUT2D eigenvalue weighted by atomic mass is 16.4. The van der Waals surface area contributed by atoms with E-state index in [2.05, 4.69) is 10.3 Å². The molecule has 16 heavy (non-hydrogen) atoms. The van der Waals surface area contributed by atoms with E-state index in [-0.39, 0.29) is 5.56 Å². The molecule has 1 aromatic heterocycles. The molecule has 0 aliphatic carbocycles. The van der Waals surface area contributed by atoms with Gasteiger partial charge in [-0.15, -0.1) is 0 Å². The van der Waals surface area contributed by atoms with Gasteiger partial charge in [-0.05, 0) is 26.8 Å². The van der Waals surface area contributed by atoms with Crippen molar-refractivity contribution in [2.24, 2.45) is 0 Å². The maximum Gasteiger partial charge on any atom is 0.337 e. The van der Waals surface area contributed by atoms with Crippen LogP contribution < -0.4 is 5.32 Å². The summed E-state index contributed by atoms with van der Waals surface area (Å²) in [5, 5.41) is 21.5. The van der Waals surface area contributed by atoms with Gasteiger partial charge in [0, 0.05) is 6.20 Å². The number of anilines is 1. The third-order valence-corrected chi connectivity index (χ3v) is 2.55. The smallest absolute Gasteiger partial charge is 0.337 e. The Bertz CT molecular complexity index is 389. The summed E-state index contributed by atoms with van der Waals surface area (Å²) >= 11 is 0. The molecule has 0 bridgehead atoms. The van der Waals surface area contributed by atoms with Crippen molar-refractivity contribution in [2.45, 2.75) is 32.4 Å². The van der Waals surface area contributed by atoms with Gasteiger partial charge in [-0.25, -0.2) is 4.79 Å². The number of aliphatic hydroxyl groups is 1. The Balaban J connectivity index is 3.02. The molecule has 0 aliphatic rings. The summed E-state index contributed by atoms with van der Waals surface area (Å²) in [5.41, 5.74) is -0.0719. The SMILES string of the molecule is CC(O)C(C)(C)Nc1cnccc1C(=O)O. The van der Waals surface area contributed by atoms with E-state index >= 15 is 0 Å². The van der Waals surface area contributed by atoms with Crippen LogP contribution in [0.3, 0.4) is 0 Å². The number of carboxylic acids is 1. The Labute approximate surface area is 94.1 Å². The number of aliphatic hydroxyl groups excluding tert-OH is 1. The molecule has 1 heterocycles. The molecule has 0 aromatic carbocycles. The Hall–Kier alpha value is -1.62. The van der Waals surface area contributed by atoms with Crippen LogP contribution in [-0.2, 0) is 0 Å². The van der Waals surface area contributed by atoms with Crippen LogP contribution in [0.2, 0.25) is 0 Å². The van der Waals surface area contributed by atoms with E-state index < -0.39 is 17.6 Å². The predicted octanol–water partition coefficient (Wildman–Crippen LogP) is 1.35. The monoisotopic (exact) mass is 224 g/mol. The fourth-order valence-corrected chi connectivity index (χ4v) is 1.13. The van der Waals surface area contributed by atoms with Crippen LogP contribution in [0.25, 0.3) is 0 Å². The molecule has 88 valence electrons. The van der Waals surface area contributed by atoms with Crippen molar-refractivity contribution in [2.75, 3.05) is 5.32 Å². The quantitative estimate of drug-likeness (QED) is 0.719. The van der Waals surface area contributed by atoms with Crippen molar-refractivity contribution in [3.63, 3.8) is 0 Å². The number of aromatic nitrogens is 1. The van der Waals surface area contributed by atoms with Crippen molar-refractivity contribution < 1.29 is 15.0 Å². The number of hydrogen-bond acceptors (Lipinski definition) is 4. The maximum atomic E-state index is 10.9. The van der Waals surface area contributed by atoms with E-state index in [1.54, 1.807) is 20.8 Å². The van der Waals surface area contributed by atoms with E-state index in [1.807, 2.05) is 0 Å². The van der Waals surface area contributed by atoms with Crippen LogP contribution >= 0.6 is 0 Å². The average molecular weight is 224 g/mol. The summed E-state index contributed by atoms with van der Waals surface area (Å²) in [5.74, 6) is -1.02. The minimum absolute atomic E-state index is 0.142. The van der Waals surface area contributed by atoms with Crippen molar-refractivity contribution in [1.29, 1.82) is 0 Å². The largest absolute Gasteiger partial charge is 0.478 e. The van der Waals surface area contributed by atoms with Gasteiger partial charge in [0.1, 0.15) is 0 Å². The van der Waals surface area contributed by atoms with Crippen molar-refractivity contribution in [3.8, 4) is 0 Å². The maximum absolute atomic E-state index is 10.9. The second kappa shape index (κ2) is 4.49. The lowest BCUT2D eigenvalue weighted by molar-refractivity contribution is 0.0697. The summed E-state index contributed by atoms with van der Waals surface area (Å²) in [6, 6.07) is 1.42. The van der Waals surface area contributed by atoms with Crippen LogP contribution in [0, 0.1) is 0 Å². The Morgan fingerprint density at radius 2 is 2.19 bits per heavy atom. The minimum Gasteiger partial charge on any atom is -0.478 e. The first-order valence-electron chi connectivity index (χ1n) is 4.98. The number of carbonyl (C=O) groups is 1. The van der Waals surface area contributed by atoms with Gasteiger partial charge >= 0.3 is 5.97 Å². The van der Waals surface area contributed by atoms with Crippen molar-refractivity contribution in [1.82, 2.24) is 4.98 Å². The zero-order valence-electron chi connectivity index (χ0n) is 9.56. The lowest BCUT2D eigenvalue weighted by Crippen LogP contribution is -2.42. The number of aromatic carboxylic acids is 1. The molecule has 1 aromatic rings. The third kappa shape index (κ3) is 2.70. The predicted molar refractivity (Wildman–Crippen MR) is 60.6 cm³/mol. The van der Waals surface area contributed by atoms with Crippen LogP contribution in [0.1, 0.15) is 31.1 Å². The molecule has 3 N–H and O–H groups in total. The van der Waals surface area contributed by atoms with Gasteiger partial charge in [0.15, 0.2) is 0 Å². The van der Waals surface area contributed by atoms with Crippen LogP contribution in [-0.4, -0.2) is 32.8 Å². The van der Waals surface area contributed by atoms with Gasteiger partial charge in [-0.1, -0.05) is 0 Å². The highest BCUT2D eigenvalue weighted by Crippen LogP contribution is 2.21. The number of nitrogens with one attached hydrogen (secondary N) is 1. The highest BCUT2D eigenvalue weighted by Gasteiger charge is 2.25. The first-order chi connectivity index (χ1) is 7.34. The van der Waals surface area contributed by atoms with Gasteiger partial charge in [-0.2, -0.15) is 0 Å². The van der Waals surface area contributed by atoms with Crippen LogP contribution in [0.15, 0.2) is 18.5 Å². The van der Waals surface area contributed by atoms with E-state index in [0.29, 0.717) is 5.69 Å². The zero-order valence-corrected chi connectivity index (χ0v) is 9.56. The summed E-state index contributed by atoms with van der Waals surface area (Å²) in [6.45, 7) is 5.22. The summed E-state index contributed by atoms with van der Waals surface area (Å²) < 4.78 is 0. The molecule has 0 amide bonds. The Morgan fingerprint density at radius 1 is 1.56 bits per heavy atom. The molecular formula is C11H16N2O3. The molecule has 1 unspecified atom stereocenters. The van der Waals surface area contributed by atoms with Crippen LogP contribution in [0.4, 0.5) is 5.69 Å². The summed E-state index contributed by atoms with van der Waals surface area (Å²) in [4.78, 5) is 14.8. The number of hydrogen-bond donors (Lipinski definition) is 3. The number of carboxylic acid groups (broad SMARTS) is 1. The standard InChI is InChI=1S/C11H16N2O3/c1-7(14)11(2,3)13-9-6-12-5-4-8(9)10(15)16/h4-7,13-14H,1-3H3,(H,15,16). The van der Waals surface area contributed by atoms with Gasteiger partial charge in [0.05, 0.1) is 29.1 Å². The topological polar surface area (TPSA) is 82.5 Å². The highest BCUT2D eigenvalue weighted by molar-refractivity contribution is 5.93. The fraction of sp³-hybridized carbons (Fsp3) is 0.455. The lowest BCUT2D eigenvalue weighted by atomic mass is 9.98. The fourth-order valence-electron chi connectivity index (χ4n) is 1.13. The molecule has 0 fully saturated rings. The Morgan fingerprint density at radius 3 is 2.69 bits per heavy atom. The normalized spacial score (nSPS) is 13.2. The molecular weight excluding hydrogens is 208 g/mol. The summed E-state index contributed by atoms with van der Waals surface area (Å²) in [7, 11) is 0. The van der Waals surface area contributed by atoms with Crippen molar-refractivity contribution >= 4 is 11.7 Å². The van der Waals surface area contributed by atoms with Crippen LogP contribution in [0.5, 0.6) is 0 Å².